The van der Waals surface area contributed by atoms with Crippen molar-refractivity contribution >= 4 is 24.0 Å². The van der Waals surface area contributed by atoms with Crippen molar-refractivity contribution in [3.63, 3.8) is 0 Å². The van der Waals surface area contributed by atoms with E-state index in [9.17, 15) is 27.6 Å². The first-order chi connectivity index (χ1) is 15.0. The number of urea groups is 1. The summed E-state index contributed by atoms with van der Waals surface area (Å²) in [5, 5.41) is 0. The van der Waals surface area contributed by atoms with E-state index in [1.54, 1.807) is 16.7 Å². The molecule has 1 aromatic rings. The molecule has 0 unspecified atom stereocenters. The summed E-state index contributed by atoms with van der Waals surface area (Å²) in [4.78, 5) is 49.7. The van der Waals surface area contributed by atoms with Crippen molar-refractivity contribution in [2.45, 2.75) is 19.2 Å². The first-order valence-corrected chi connectivity index (χ1v) is 9.96. The molecule has 2 N–H and O–H groups in total. The van der Waals surface area contributed by atoms with Crippen molar-refractivity contribution in [1.82, 2.24) is 24.7 Å². The minimum absolute atomic E-state index is 0.0861. The highest BCUT2D eigenvalue weighted by molar-refractivity contribution is 5.85. The Labute approximate surface area is 181 Å². The predicted octanol–water partition coefficient (Wildman–Crippen LogP) is 0.365. The lowest BCUT2D eigenvalue weighted by molar-refractivity contribution is -0.138. The molecule has 32 heavy (non-hydrogen) atoms. The fourth-order valence-electron chi connectivity index (χ4n) is 3.54. The monoisotopic (exact) mass is 459 g/mol. The Kier molecular flexibility index (Phi) is 6.89. The zero-order valence-corrected chi connectivity index (χ0v) is 17.4. The first kappa shape index (κ1) is 23.3. The molecule has 11 nitrogen and oxygen atoms in total. The zero-order valence-electron chi connectivity index (χ0n) is 17.4. The number of hydrogen-bond acceptors (Lipinski definition) is 7. The summed E-state index contributed by atoms with van der Waals surface area (Å²) in [5.41, 5.74) is 4.05. The van der Waals surface area contributed by atoms with E-state index in [-0.39, 0.29) is 31.0 Å². The number of carbonyl (C=O) groups is 3. The molecule has 4 amide bonds. The van der Waals surface area contributed by atoms with Crippen molar-refractivity contribution < 1.29 is 32.3 Å². The number of aromatic nitrogens is 2. The van der Waals surface area contributed by atoms with E-state index in [1.807, 2.05) is 0 Å². The molecule has 2 saturated heterocycles. The van der Waals surface area contributed by atoms with Gasteiger partial charge in [0.2, 0.25) is 11.9 Å². The lowest BCUT2D eigenvalue weighted by Crippen LogP contribution is -2.52. The molecule has 3 rings (SSSR count). The molecule has 2 fully saturated rings. The Bertz CT molecular complexity index is 844. The number of anilines is 1. The first-order valence-electron chi connectivity index (χ1n) is 9.96. The number of carbonyl (C=O) groups excluding carboxylic acids is 3. The molecule has 0 radical (unpaired) electrons. The van der Waals surface area contributed by atoms with Crippen LogP contribution in [0, 0.1) is 0 Å². The fraction of sp³-hybridized carbons (Fsp3) is 0.611. The average molecular weight is 459 g/mol. The summed E-state index contributed by atoms with van der Waals surface area (Å²) < 4.78 is 42.7. The number of primary amides is 1. The van der Waals surface area contributed by atoms with Crippen LogP contribution in [0.3, 0.4) is 0 Å². The van der Waals surface area contributed by atoms with Gasteiger partial charge in [0.1, 0.15) is 12.6 Å². The van der Waals surface area contributed by atoms with Crippen LogP contribution in [-0.4, -0.2) is 101 Å². The lowest BCUT2D eigenvalue weighted by Gasteiger charge is -2.35. The van der Waals surface area contributed by atoms with Gasteiger partial charge in [-0.2, -0.15) is 13.2 Å². The number of ether oxygens (including phenoxy) is 1. The SMILES string of the molecule is C[C@@H](CN1CCN(CC(=O)N2CCN(c3ncc(C(F)(F)F)cn3)CC2)C1=O)OC(N)=O. The topological polar surface area (TPSA) is 125 Å². The molecule has 0 aromatic carbocycles. The maximum absolute atomic E-state index is 12.6. The van der Waals surface area contributed by atoms with Crippen molar-refractivity contribution in [3.8, 4) is 0 Å². The Balaban J connectivity index is 1.46. The van der Waals surface area contributed by atoms with Gasteiger partial charge < -0.3 is 30.1 Å². The van der Waals surface area contributed by atoms with Crippen molar-refractivity contribution in [3.05, 3.63) is 18.0 Å². The van der Waals surface area contributed by atoms with Crippen LogP contribution in [0.1, 0.15) is 12.5 Å². The predicted molar refractivity (Wildman–Crippen MR) is 104 cm³/mol. The van der Waals surface area contributed by atoms with E-state index in [0.29, 0.717) is 39.3 Å². The number of nitrogens with two attached hydrogens (primary N) is 1. The van der Waals surface area contributed by atoms with Gasteiger partial charge in [-0.05, 0) is 6.92 Å². The standard InChI is InChI=1S/C18H24F3N7O4/c1-12(32-15(22)30)10-27-6-7-28(17(27)31)11-14(29)25-2-4-26(5-3-25)16-23-8-13(9-24-16)18(19,20)21/h8-9,12H,2-7,10-11H2,1H3,(H2,22,30)/t12-/m0/s1. The van der Waals surface area contributed by atoms with Gasteiger partial charge in [0.25, 0.3) is 0 Å². The molecular formula is C18H24F3N7O4. The van der Waals surface area contributed by atoms with Gasteiger partial charge in [-0.3, -0.25) is 4.79 Å². The number of halogens is 3. The maximum Gasteiger partial charge on any atom is 0.419 e. The molecule has 0 aliphatic carbocycles. The molecule has 3 heterocycles. The second kappa shape index (κ2) is 9.44. The van der Waals surface area contributed by atoms with E-state index in [0.717, 1.165) is 12.4 Å². The summed E-state index contributed by atoms with van der Waals surface area (Å²) in [7, 11) is 0. The fourth-order valence-corrected chi connectivity index (χ4v) is 3.54. The van der Waals surface area contributed by atoms with Crippen LogP contribution in [0.15, 0.2) is 12.4 Å². The highest BCUT2D eigenvalue weighted by Crippen LogP contribution is 2.28. The smallest absolute Gasteiger partial charge is 0.419 e. The minimum Gasteiger partial charge on any atom is -0.445 e. The van der Waals surface area contributed by atoms with E-state index in [4.69, 9.17) is 10.5 Å². The van der Waals surface area contributed by atoms with Crippen LogP contribution in [0.25, 0.3) is 0 Å². The van der Waals surface area contributed by atoms with E-state index >= 15 is 0 Å². The quantitative estimate of drug-likeness (QED) is 0.651. The van der Waals surface area contributed by atoms with Gasteiger partial charge in [-0.25, -0.2) is 19.6 Å². The largest absolute Gasteiger partial charge is 0.445 e. The van der Waals surface area contributed by atoms with Crippen LogP contribution in [0.2, 0.25) is 0 Å². The third-order valence-electron chi connectivity index (χ3n) is 5.18. The molecule has 1 atom stereocenters. The van der Waals surface area contributed by atoms with Gasteiger partial charge in [-0.15, -0.1) is 0 Å². The zero-order chi connectivity index (χ0) is 23.5. The minimum atomic E-state index is -4.50. The van der Waals surface area contributed by atoms with Crippen LogP contribution in [-0.2, 0) is 15.7 Å². The molecule has 14 heteroatoms. The third kappa shape index (κ3) is 5.68. The third-order valence-corrected chi connectivity index (χ3v) is 5.18. The summed E-state index contributed by atoms with van der Waals surface area (Å²) >= 11 is 0. The van der Waals surface area contributed by atoms with E-state index in [2.05, 4.69) is 9.97 Å². The molecule has 176 valence electrons. The van der Waals surface area contributed by atoms with Crippen molar-refractivity contribution in [1.29, 1.82) is 0 Å². The second-order valence-corrected chi connectivity index (χ2v) is 7.53. The van der Waals surface area contributed by atoms with Crippen LogP contribution in [0.4, 0.5) is 28.7 Å². The van der Waals surface area contributed by atoms with Crippen molar-refractivity contribution in [2.75, 3.05) is 57.3 Å². The van der Waals surface area contributed by atoms with Crippen LogP contribution >= 0.6 is 0 Å². The highest BCUT2D eigenvalue weighted by Gasteiger charge is 2.34. The molecule has 1 aromatic heterocycles. The van der Waals surface area contributed by atoms with E-state index in [1.165, 1.54) is 9.80 Å². The lowest BCUT2D eigenvalue weighted by atomic mass is 10.3. The Morgan fingerprint density at radius 2 is 1.69 bits per heavy atom. The summed E-state index contributed by atoms with van der Waals surface area (Å²) in [6.45, 7) is 3.86. The normalized spacial score (nSPS) is 18.2. The Hall–Kier alpha value is -3.32. The average Bonchev–Trinajstić information content (AvgIpc) is 3.06. The van der Waals surface area contributed by atoms with Gasteiger partial charge >= 0.3 is 18.3 Å². The maximum atomic E-state index is 12.6. The number of amides is 4. The summed E-state index contributed by atoms with van der Waals surface area (Å²) in [6.07, 6.45) is -4.51. The second-order valence-electron chi connectivity index (χ2n) is 7.53. The van der Waals surface area contributed by atoms with Crippen molar-refractivity contribution in [2.24, 2.45) is 5.73 Å². The Morgan fingerprint density at radius 1 is 1.09 bits per heavy atom. The molecule has 0 saturated carbocycles. The van der Waals surface area contributed by atoms with Gasteiger partial charge in [0.15, 0.2) is 0 Å². The Morgan fingerprint density at radius 3 is 2.25 bits per heavy atom. The number of hydrogen-bond donors (Lipinski definition) is 1. The van der Waals surface area contributed by atoms with Gasteiger partial charge in [0, 0.05) is 51.7 Å². The van der Waals surface area contributed by atoms with E-state index < -0.39 is 23.9 Å². The number of alkyl halides is 3. The summed E-state index contributed by atoms with van der Waals surface area (Å²) in [5.74, 6) is -0.0580. The molecule has 2 aliphatic heterocycles. The summed E-state index contributed by atoms with van der Waals surface area (Å²) in [6, 6.07) is -0.324. The number of rotatable bonds is 6. The van der Waals surface area contributed by atoms with Gasteiger partial charge in [-0.1, -0.05) is 0 Å². The molecule has 0 bridgehead atoms. The van der Waals surface area contributed by atoms with Crippen LogP contribution < -0.4 is 10.6 Å². The number of piperazine rings is 1. The molecule has 0 spiro atoms. The molecule has 2 aliphatic rings. The molecular weight excluding hydrogens is 435 g/mol. The van der Waals surface area contributed by atoms with Gasteiger partial charge in [0.05, 0.1) is 12.1 Å². The number of nitrogens with zero attached hydrogens (tertiary/aromatic N) is 6. The van der Waals surface area contributed by atoms with Crippen LogP contribution in [0.5, 0.6) is 0 Å². The highest BCUT2D eigenvalue weighted by atomic mass is 19.4.